The number of aromatic nitrogens is 2. The van der Waals surface area contributed by atoms with E-state index in [0.717, 1.165) is 22.6 Å². The van der Waals surface area contributed by atoms with Crippen LogP contribution in [-0.4, -0.2) is 32.5 Å². The Balaban J connectivity index is 2.05. The van der Waals surface area contributed by atoms with Gasteiger partial charge in [-0.2, -0.15) is 0 Å². The van der Waals surface area contributed by atoms with Gasteiger partial charge in [0.1, 0.15) is 0 Å². The average Bonchev–Trinajstić information content (AvgIpc) is 2.70. The Morgan fingerprint density at radius 1 is 1.50 bits per heavy atom. The van der Waals surface area contributed by atoms with Gasteiger partial charge in [0.15, 0.2) is 5.16 Å². The summed E-state index contributed by atoms with van der Waals surface area (Å²) in [6, 6.07) is 7.96. The number of fused-ring (bicyclic) bond motifs is 1. The van der Waals surface area contributed by atoms with Crippen molar-refractivity contribution in [3.63, 3.8) is 0 Å². The summed E-state index contributed by atoms with van der Waals surface area (Å²) in [6.07, 6.45) is 0.741. The minimum Gasteiger partial charge on any atom is -0.394 e. The van der Waals surface area contributed by atoms with Gasteiger partial charge in [-0.1, -0.05) is 30.8 Å². The van der Waals surface area contributed by atoms with Crippen molar-refractivity contribution >= 4 is 22.8 Å². The molecule has 98 valence electrons. The van der Waals surface area contributed by atoms with Crippen molar-refractivity contribution in [3.8, 4) is 0 Å². The van der Waals surface area contributed by atoms with Crippen molar-refractivity contribution in [1.29, 1.82) is 0 Å². The third-order valence-electron chi connectivity index (χ3n) is 2.80. The van der Waals surface area contributed by atoms with E-state index in [0.29, 0.717) is 5.25 Å². The summed E-state index contributed by atoms with van der Waals surface area (Å²) in [7, 11) is 0. The highest BCUT2D eigenvalue weighted by molar-refractivity contribution is 7.99. The Bertz CT molecular complexity index is 491. The molecule has 4 N–H and O–H groups in total. The maximum Gasteiger partial charge on any atom is 0.166 e. The molecule has 0 bridgehead atoms. The number of nitrogens with one attached hydrogen (secondary N) is 1. The van der Waals surface area contributed by atoms with Crippen molar-refractivity contribution in [3.05, 3.63) is 24.3 Å². The van der Waals surface area contributed by atoms with E-state index in [1.165, 1.54) is 0 Å². The second-order valence-electron chi connectivity index (χ2n) is 5.00. The number of aliphatic hydroxyl groups is 1. The average molecular weight is 265 g/mol. The number of H-pyrrole nitrogens is 1. The van der Waals surface area contributed by atoms with Crippen LogP contribution in [0.25, 0.3) is 11.0 Å². The lowest BCUT2D eigenvalue weighted by atomic mass is 9.99. The molecule has 0 amide bonds. The van der Waals surface area contributed by atoms with E-state index in [1.807, 2.05) is 31.2 Å². The first kappa shape index (κ1) is 13.4. The zero-order chi connectivity index (χ0) is 13.2. The van der Waals surface area contributed by atoms with Crippen LogP contribution in [0.3, 0.4) is 0 Å². The monoisotopic (exact) mass is 265 g/mol. The molecule has 4 nitrogen and oxygen atoms in total. The summed E-state index contributed by atoms with van der Waals surface area (Å²) in [5.41, 5.74) is 7.45. The fraction of sp³-hybridized carbons (Fsp3) is 0.462. The highest BCUT2D eigenvalue weighted by atomic mass is 32.2. The molecule has 2 rings (SSSR count). The largest absolute Gasteiger partial charge is 0.394 e. The van der Waals surface area contributed by atoms with Gasteiger partial charge < -0.3 is 15.8 Å². The van der Waals surface area contributed by atoms with Crippen LogP contribution in [0.15, 0.2) is 29.4 Å². The molecule has 2 unspecified atom stereocenters. The normalized spacial score (nSPS) is 16.7. The molecular weight excluding hydrogens is 246 g/mol. The van der Waals surface area contributed by atoms with E-state index in [-0.39, 0.29) is 6.61 Å². The van der Waals surface area contributed by atoms with E-state index < -0.39 is 5.54 Å². The molecule has 0 saturated carbocycles. The molecule has 0 spiro atoms. The lowest BCUT2D eigenvalue weighted by Crippen LogP contribution is -2.42. The zero-order valence-corrected chi connectivity index (χ0v) is 11.5. The van der Waals surface area contributed by atoms with Crippen LogP contribution >= 0.6 is 11.8 Å². The minimum atomic E-state index is -0.529. The molecule has 1 aromatic carbocycles. The van der Waals surface area contributed by atoms with Crippen molar-refractivity contribution in [2.75, 3.05) is 6.61 Å². The SMILES string of the molecule is CC(CC(C)(N)CO)Sc1nc2ccccc2[nH]1. The van der Waals surface area contributed by atoms with Gasteiger partial charge in [-0.25, -0.2) is 4.98 Å². The minimum absolute atomic E-state index is 0.00195. The summed E-state index contributed by atoms with van der Waals surface area (Å²) in [4.78, 5) is 7.79. The first-order valence-corrected chi connectivity index (χ1v) is 6.89. The Kier molecular flexibility index (Phi) is 3.94. The molecule has 5 heteroatoms. The van der Waals surface area contributed by atoms with Crippen LogP contribution in [-0.2, 0) is 0 Å². The number of aliphatic hydroxyl groups excluding tert-OH is 1. The molecule has 0 radical (unpaired) electrons. The van der Waals surface area contributed by atoms with E-state index >= 15 is 0 Å². The van der Waals surface area contributed by atoms with E-state index in [4.69, 9.17) is 10.8 Å². The van der Waals surface area contributed by atoms with Gasteiger partial charge in [-0.3, -0.25) is 0 Å². The molecule has 2 aromatic rings. The van der Waals surface area contributed by atoms with Crippen molar-refractivity contribution in [2.24, 2.45) is 5.73 Å². The molecular formula is C13H19N3OS. The maximum atomic E-state index is 9.17. The van der Waals surface area contributed by atoms with Crippen molar-refractivity contribution in [1.82, 2.24) is 9.97 Å². The van der Waals surface area contributed by atoms with Gasteiger partial charge >= 0.3 is 0 Å². The lowest BCUT2D eigenvalue weighted by molar-refractivity contribution is 0.201. The molecule has 0 aliphatic rings. The molecule has 18 heavy (non-hydrogen) atoms. The number of para-hydroxylation sites is 2. The third-order valence-corrected chi connectivity index (χ3v) is 3.78. The van der Waals surface area contributed by atoms with Crippen LogP contribution in [0, 0.1) is 0 Å². The quantitative estimate of drug-likeness (QED) is 0.724. The van der Waals surface area contributed by atoms with Crippen LogP contribution in [0.2, 0.25) is 0 Å². The molecule has 1 heterocycles. The predicted molar refractivity (Wildman–Crippen MR) is 75.7 cm³/mol. The number of benzene rings is 1. The molecule has 0 aliphatic heterocycles. The Morgan fingerprint density at radius 3 is 2.89 bits per heavy atom. The van der Waals surface area contributed by atoms with E-state index in [2.05, 4.69) is 16.9 Å². The fourth-order valence-corrected chi connectivity index (χ4v) is 3.10. The summed E-state index contributed by atoms with van der Waals surface area (Å²) in [5.74, 6) is 0. The maximum absolute atomic E-state index is 9.17. The summed E-state index contributed by atoms with van der Waals surface area (Å²) in [5, 5.41) is 10.4. The van der Waals surface area contributed by atoms with Gasteiger partial charge in [-0.15, -0.1) is 0 Å². The van der Waals surface area contributed by atoms with Crippen LogP contribution in [0.4, 0.5) is 0 Å². The third kappa shape index (κ3) is 3.25. The number of hydrogen-bond donors (Lipinski definition) is 3. The smallest absolute Gasteiger partial charge is 0.166 e. The number of hydrogen-bond acceptors (Lipinski definition) is 4. The number of rotatable bonds is 5. The molecule has 0 saturated heterocycles. The second kappa shape index (κ2) is 5.30. The van der Waals surface area contributed by atoms with Crippen molar-refractivity contribution < 1.29 is 5.11 Å². The van der Waals surface area contributed by atoms with E-state index in [9.17, 15) is 0 Å². The molecule has 0 aliphatic carbocycles. The number of imidazole rings is 1. The molecule has 1 aromatic heterocycles. The lowest BCUT2D eigenvalue weighted by Gasteiger charge is -2.24. The van der Waals surface area contributed by atoms with Gasteiger partial charge in [-0.05, 0) is 25.5 Å². The topological polar surface area (TPSA) is 74.9 Å². The zero-order valence-electron chi connectivity index (χ0n) is 10.7. The first-order chi connectivity index (χ1) is 8.50. The highest BCUT2D eigenvalue weighted by Crippen LogP contribution is 2.27. The summed E-state index contributed by atoms with van der Waals surface area (Å²) < 4.78 is 0. The predicted octanol–water partition coefficient (Wildman–Crippen LogP) is 2.14. The summed E-state index contributed by atoms with van der Waals surface area (Å²) in [6.45, 7) is 3.96. The Labute approximate surface area is 111 Å². The van der Waals surface area contributed by atoms with Crippen LogP contribution < -0.4 is 5.73 Å². The van der Waals surface area contributed by atoms with Gasteiger partial charge in [0.05, 0.1) is 17.6 Å². The second-order valence-corrected chi connectivity index (χ2v) is 6.43. The van der Waals surface area contributed by atoms with Crippen LogP contribution in [0.5, 0.6) is 0 Å². The highest BCUT2D eigenvalue weighted by Gasteiger charge is 2.21. The van der Waals surface area contributed by atoms with Crippen molar-refractivity contribution in [2.45, 2.75) is 36.2 Å². The molecule has 2 atom stereocenters. The number of aromatic amines is 1. The van der Waals surface area contributed by atoms with Gasteiger partial charge in [0.25, 0.3) is 0 Å². The van der Waals surface area contributed by atoms with E-state index in [1.54, 1.807) is 11.8 Å². The number of nitrogens with two attached hydrogens (primary N) is 1. The number of nitrogens with zero attached hydrogens (tertiary/aromatic N) is 1. The Morgan fingerprint density at radius 2 is 2.22 bits per heavy atom. The molecule has 0 fully saturated rings. The first-order valence-electron chi connectivity index (χ1n) is 6.01. The number of thioether (sulfide) groups is 1. The van der Waals surface area contributed by atoms with Crippen LogP contribution in [0.1, 0.15) is 20.3 Å². The fourth-order valence-electron chi connectivity index (χ4n) is 1.94. The summed E-state index contributed by atoms with van der Waals surface area (Å²) >= 11 is 1.65. The van der Waals surface area contributed by atoms with Gasteiger partial charge in [0, 0.05) is 10.8 Å². The Hall–Kier alpha value is -1.04. The standard InChI is InChI=1S/C13H19N3OS/c1-9(7-13(2,14)8-17)18-12-15-10-5-3-4-6-11(10)16-12/h3-6,9,17H,7-8,14H2,1-2H3,(H,15,16). The van der Waals surface area contributed by atoms with Gasteiger partial charge in [0.2, 0.25) is 0 Å².